The molecule has 7 nitrogen and oxygen atoms in total. The normalized spacial score (nSPS) is 16.3. The van der Waals surface area contributed by atoms with Gasteiger partial charge in [0.25, 0.3) is 0 Å². The lowest BCUT2D eigenvalue weighted by Gasteiger charge is -2.25. The second-order valence-corrected chi connectivity index (χ2v) is 17.9. The first-order valence-electron chi connectivity index (χ1n) is 18.6. The number of aliphatic hydroxyl groups excluding tert-OH is 3. The van der Waals surface area contributed by atoms with Crippen LogP contribution in [0.15, 0.2) is 0 Å². The van der Waals surface area contributed by atoms with Crippen LogP contribution in [0.4, 0.5) is 0 Å². The Bertz CT molecular complexity index is 850. The van der Waals surface area contributed by atoms with Crippen molar-refractivity contribution in [1.29, 1.82) is 0 Å². The maximum Gasteiger partial charge on any atom is 0.223 e. The lowest BCUT2D eigenvalue weighted by atomic mass is 9.81. The molecule has 0 radical (unpaired) electrons. The van der Waals surface area contributed by atoms with Crippen LogP contribution >= 0.6 is 0 Å². The highest BCUT2D eigenvalue weighted by atomic mass is 16.3. The largest absolute Gasteiger partial charge is 0.396 e. The minimum atomic E-state index is -0.260. The number of hydrogen-bond donors (Lipinski definition) is 5. The number of amides is 2. The fourth-order valence-corrected chi connectivity index (χ4v) is 4.54. The number of primary amides is 1. The van der Waals surface area contributed by atoms with E-state index in [-0.39, 0.29) is 41.1 Å². The van der Waals surface area contributed by atoms with Gasteiger partial charge in [-0.05, 0) is 86.9 Å². The zero-order valence-corrected chi connectivity index (χ0v) is 34.8. The van der Waals surface area contributed by atoms with Crippen LogP contribution in [0.2, 0.25) is 0 Å². The monoisotopic (exact) mass is 685 g/mol. The molecule has 1 fully saturated rings. The van der Waals surface area contributed by atoms with E-state index in [0.29, 0.717) is 68.6 Å². The second kappa shape index (κ2) is 28.1. The van der Waals surface area contributed by atoms with Crippen LogP contribution in [-0.4, -0.2) is 53.5 Å². The van der Waals surface area contributed by atoms with Crippen molar-refractivity contribution in [3.05, 3.63) is 0 Å². The van der Waals surface area contributed by atoms with Crippen molar-refractivity contribution in [3.8, 4) is 11.8 Å². The minimum Gasteiger partial charge on any atom is -0.396 e. The molecule has 0 aromatic carbocycles. The summed E-state index contributed by atoms with van der Waals surface area (Å²) in [6, 6.07) is 0. The number of aliphatic hydroxyl groups is 3. The molecular weight excluding hydrogens is 600 g/mol. The molecule has 1 saturated carbocycles. The molecule has 6 N–H and O–H groups in total. The molecule has 0 spiro atoms. The van der Waals surface area contributed by atoms with E-state index in [9.17, 15) is 9.59 Å². The van der Waals surface area contributed by atoms with Crippen molar-refractivity contribution in [2.75, 3.05) is 26.4 Å². The summed E-state index contributed by atoms with van der Waals surface area (Å²) in [5.41, 5.74) is 6.01. The van der Waals surface area contributed by atoms with Gasteiger partial charge in [-0.15, -0.1) is 0 Å². The van der Waals surface area contributed by atoms with E-state index in [4.69, 9.17) is 21.1 Å². The molecule has 1 aliphatic rings. The smallest absolute Gasteiger partial charge is 0.223 e. The van der Waals surface area contributed by atoms with Crippen molar-refractivity contribution in [1.82, 2.24) is 5.32 Å². The first-order valence-corrected chi connectivity index (χ1v) is 18.6. The molecule has 1 aliphatic carbocycles. The van der Waals surface area contributed by atoms with Crippen molar-refractivity contribution >= 4 is 11.8 Å². The Morgan fingerprint density at radius 1 is 0.729 bits per heavy atom. The summed E-state index contributed by atoms with van der Waals surface area (Å²) in [5.74, 6) is 9.38. The molecule has 7 heteroatoms. The van der Waals surface area contributed by atoms with Gasteiger partial charge in [0.05, 0.1) is 6.61 Å². The lowest BCUT2D eigenvalue weighted by molar-refractivity contribution is -0.129. The summed E-state index contributed by atoms with van der Waals surface area (Å²) >= 11 is 0. The van der Waals surface area contributed by atoms with E-state index >= 15 is 0 Å². The van der Waals surface area contributed by atoms with Crippen molar-refractivity contribution in [3.63, 3.8) is 0 Å². The van der Waals surface area contributed by atoms with Crippen molar-refractivity contribution < 1.29 is 24.9 Å². The highest BCUT2D eigenvalue weighted by Crippen LogP contribution is 2.29. The number of carbonyl (C=O) groups is 2. The van der Waals surface area contributed by atoms with Gasteiger partial charge in [0.2, 0.25) is 11.8 Å². The third-order valence-corrected chi connectivity index (χ3v) is 8.02. The molecule has 0 aromatic rings. The van der Waals surface area contributed by atoms with Gasteiger partial charge in [-0.1, -0.05) is 116 Å². The highest BCUT2D eigenvalue weighted by Gasteiger charge is 2.28. The number of nitrogens with two attached hydrogens (primary N) is 1. The molecule has 0 saturated heterocycles. The van der Waals surface area contributed by atoms with Crippen LogP contribution in [0.1, 0.15) is 156 Å². The Morgan fingerprint density at radius 2 is 1.12 bits per heavy atom. The van der Waals surface area contributed by atoms with Gasteiger partial charge in [0, 0.05) is 42.9 Å². The molecule has 2 amide bonds. The SMILES string of the molecule is CC(C)C#CC(C)(C)CC(C)C.CC(C)C(C)(C)C.CC(C)CC(C)(C)CO.CC(C)CO.NC(=O)C1CCC(C(=O)NCCO)CC1. The first-order chi connectivity index (χ1) is 21.7. The maximum absolute atomic E-state index is 11.5. The Balaban J connectivity index is -0.000000265. The molecule has 0 heterocycles. The standard InChI is InChI=1S/C12H22.C10H18N2O3.C8H18O.C7H16.C4H10O/c1-10(2)7-8-12(5,6)9-11(3)4;11-9(14)7-1-3-8(4-2-7)10(15)12-5-6-13;1-7(2)5-8(3,4)6-9;1-6(2)7(3,4)5;1-4(2)3-5/h10-11H,9H2,1-6H3;7-8,13H,1-6H2,(H2,11,14)(H,12,15);7,9H,5-6H2,1-4H3;6H,1-5H3;4-5H,3H2,1-2H3. The summed E-state index contributed by atoms with van der Waals surface area (Å²) in [4.78, 5) is 22.4. The molecule has 0 aliphatic heterocycles. The first kappa shape index (κ1) is 53.2. The topological polar surface area (TPSA) is 133 Å². The summed E-state index contributed by atoms with van der Waals surface area (Å²) in [5, 5.41) is 28.2. The maximum atomic E-state index is 11.5. The Hall–Kier alpha value is -1.62. The fourth-order valence-electron chi connectivity index (χ4n) is 4.54. The second-order valence-electron chi connectivity index (χ2n) is 17.9. The van der Waals surface area contributed by atoms with Crippen LogP contribution < -0.4 is 11.1 Å². The van der Waals surface area contributed by atoms with E-state index in [1.54, 1.807) is 0 Å². The molecule has 0 aromatic heterocycles. The summed E-state index contributed by atoms with van der Waals surface area (Å²) in [6.45, 7) is 37.9. The Kier molecular flexibility index (Phi) is 31.2. The van der Waals surface area contributed by atoms with Crippen LogP contribution in [0.25, 0.3) is 0 Å². The molecule has 0 unspecified atom stereocenters. The predicted molar refractivity (Wildman–Crippen MR) is 207 cm³/mol. The zero-order chi connectivity index (χ0) is 38.9. The average molecular weight is 685 g/mol. The van der Waals surface area contributed by atoms with E-state index in [0.717, 1.165) is 18.3 Å². The van der Waals surface area contributed by atoms with E-state index in [2.05, 4.69) is 121 Å². The number of rotatable bonds is 10. The van der Waals surface area contributed by atoms with Crippen molar-refractivity contribution in [2.45, 2.75) is 156 Å². The number of carbonyl (C=O) groups excluding carboxylic acids is 2. The predicted octanol–water partition coefficient (Wildman–Crippen LogP) is 8.48. The van der Waals surface area contributed by atoms with Crippen LogP contribution in [-0.2, 0) is 9.59 Å². The lowest BCUT2D eigenvalue weighted by Crippen LogP contribution is -2.36. The number of hydrogen-bond acceptors (Lipinski definition) is 5. The third-order valence-electron chi connectivity index (χ3n) is 8.02. The molecule has 0 atom stereocenters. The van der Waals surface area contributed by atoms with E-state index in [1.807, 2.05) is 13.8 Å². The average Bonchev–Trinajstić information content (AvgIpc) is 2.94. The van der Waals surface area contributed by atoms with E-state index in [1.165, 1.54) is 6.42 Å². The summed E-state index contributed by atoms with van der Waals surface area (Å²) in [7, 11) is 0. The Labute approximate surface area is 299 Å². The van der Waals surface area contributed by atoms with Gasteiger partial charge >= 0.3 is 0 Å². The number of nitrogens with one attached hydrogen (secondary N) is 1. The Morgan fingerprint density at radius 3 is 1.38 bits per heavy atom. The zero-order valence-electron chi connectivity index (χ0n) is 34.8. The van der Waals surface area contributed by atoms with Gasteiger partial charge in [-0.3, -0.25) is 9.59 Å². The highest BCUT2D eigenvalue weighted by molar-refractivity contribution is 5.80. The quantitative estimate of drug-likeness (QED) is 0.147. The van der Waals surface area contributed by atoms with Crippen LogP contribution in [0, 0.1) is 69.5 Å². The molecule has 288 valence electrons. The van der Waals surface area contributed by atoms with Crippen LogP contribution in [0.3, 0.4) is 0 Å². The summed E-state index contributed by atoms with van der Waals surface area (Å²) in [6.07, 6.45) is 5.12. The van der Waals surface area contributed by atoms with Gasteiger partial charge in [0.15, 0.2) is 0 Å². The van der Waals surface area contributed by atoms with Crippen molar-refractivity contribution in [2.24, 2.45) is 63.4 Å². The minimum absolute atomic E-state index is 0.0212. The third kappa shape index (κ3) is 37.2. The summed E-state index contributed by atoms with van der Waals surface area (Å²) < 4.78 is 0. The molecule has 0 bridgehead atoms. The van der Waals surface area contributed by atoms with Gasteiger partial charge in [-0.25, -0.2) is 0 Å². The van der Waals surface area contributed by atoms with Gasteiger partial charge in [0.1, 0.15) is 0 Å². The van der Waals surface area contributed by atoms with E-state index < -0.39 is 0 Å². The van der Waals surface area contributed by atoms with Gasteiger partial charge in [-0.2, -0.15) is 0 Å². The molecule has 1 rings (SSSR count). The van der Waals surface area contributed by atoms with Crippen LogP contribution in [0.5, 0.6) is 0 Å². The molecule has 48 heavy (non-hydrogen) atoms. The molecular formula is C41H84N2O5. The van der Waals surface area contributed by atoms with Gasteiger partial charge < -0.3 is 26.4 Å². The fraction of sp³-hybridized carbons (Fsp3) is 0.902.